The van der Waals surface area contributed by atoms with Crippen molar-refractivity contribution in [2.75, 3.05) is 52.5 Å². The molecule has 0 aliphatic carbocycles. The molecule has 0 fully saturated rings. The van der Waals surface area contributed by atoms with Crippen LogP contribution in [0, 0.1) is 0 Å². The van der Waals surface area contributed by atoms with Crippen molar-refractivity contribution in [1.29, 1.82) is 0 Å². The minimum atomic E-state index is -3.29. The van der Waals surface area contributed by atoms with Crippen LogP contribution >= 0.6 is 0 Å². The van der Waals surface area contributed by atoms with Crippen LogP contribution in [0.1, 0.15) is 13.3 Å². The van der Waals surface area contributed by atoms with Crippen molar-refractivity contribution in [2.45, 2.75) is 13.3 Å². The van der Waals surface area contributed by atoms with Crippen LogP contribution in [0.2, 0.25) is 0 Å². The molecule has 2 N–H and O–H groups in total. The molecule has 0 aromatic carbocycles. The summed E-state index contributed by atoms with van der Waals surface area (Å²) in [5.41, 5.74) is 0. The first kappa shape index (κ1) is 20.1. The second kappa shape index (κ2) is 14.8. The minimum Gasteiger partial charge on any atom is -0.394 e. The van der Waals surface area contributed by atoms with Gasteiger partial charge in [-0.3, -0.25) is 4.18 Å². The van der Waals surface area contributed by atoms with E-state index in [9.17, 15) is 8.42 Å². The van der Waals surface area contributed by atoms with Gasteiger partial charge in [0.2, 0.25) is 0 Å². The second-order valence-corrected chi connectivity index (χ2v) is 4.84. The maximum Gasteiger partial charge on any atom is 0.264 e. The molecule has 0 atom stereocenters. The highest BCUT2D eigenvalue weighted by Crippen LogP contribution is 1.87. The highest BCUT2D eigenvalue weighted by atomic mass is 32.2. The number of aliphatic hydroxyl groups is 2. The van der Waals surface area contributed by atoms with Crippen molar-refractivity contribution in [1.82, 2.24) is 0 Å². The van der Waals surface area contributed by atoms with Crippen LogP contribution in [0.4, 0.5) is 0 Å². The van der Waals surface area contributed by atoms with Gasteiger partial charge in [0.15, 0.2) is 0 Å². The van der Waals surface area contributed by atoms with Crippen molar-refractivity contribution in [3.63, 3.8) is 0 Å². The van der Waals surface area contributed by atoms with Crippen molar-refractivity contribution >= 4 is 10.1 Å². The summed E-state index contributed by atoms with van der Waals surface area (Å²) < 4.78 is 34.8. The first-order valence-electron chi connectivity index (χ1n) is 5.69. The van der Waals surface area contributed by atoms with Gasteiger partial charge in [-0.2, -0.15) is 8.42 Å². The second-order valence-electron chi connectivity index (χ2n) is 3.20. The van der Waals surface area contributed by atoms with Crippen molar-refractivity contribution in [2.24, 2.45) is 0 Å². The Morgan fingerprint density at radius 2 is 1.39 bits per heavy atom. The molecule has 0 heterocycles. The Kier molecular flexibility index (Phi) is 16.5. The van der Waals surface area contributed by atoms with Gasteiger partial charge >= 0.3 is 0 Å². The van der Waals surface area contributed by atoms with Crippen LogP contribution in [-0.4, -0.2) is 71.1 Å². The Morgan fingerprint density at radius 1 is 0.889 bits per heavy atom. The normalized spacial score (nSPS) is 10.9. The van der Waals surface area contributed by atoms with E-state index in [4.69, 9.17) is 14.9 Å². The first-order valence-corrected chi connectivity index (χ1v) is 7.51. The van der Waals surface area contributed by atoms with Crippen molar-refractivity contribution in [3.8, 4) is 0 Å². The van der Waals surface area contributed by atoms with E-state index >= 15 is 0 Å². The molecule has 0 saturated heterocycles. The Balaban J connectivity index is 0. The van der Waals surface area contributed by atoms with Gasteiger partial charge in [0, 0.05) is 6.61 Å². The van der Waals surface area contributed by atoms with E-state index < -0.39 is 10.1 Å². The fourth-order valence-electron chi connectivity index (χ4n) is 0.722. The van der Waals surface area contributed by atoms with Crippen LogP contribution in [0.15, 0.2) is 0 Å². The molecule has 0 aromatic heterocycles. The standard InChI is InChI=1S/C6H14O4S.C4H10O3/c1-3-4-9-5-6-10-11(2,7)8;5-1-3-7-4-2-6/h3-6H2,1-2H3;5-6H,1-4H2. The molecule has 0 aliphatic rings. The van der Waals surface area contributed by atoms with E-state index in [1.807, 2.05) is 6.92 Å². The number of rotatable bonds is 10. The third kappa shape index (κ3) is 24.8. The van der Waals surface area contributed by atoms with E-state index in [0.29, 0.717) is 26.4 Å². The van der Waals surface area contributed by atoms with Gasteiger partial charge in [-0.15, -0.1) is 0 Å². The fraction of sp³-hybridized carbons (Fsp3) is 1.00. The fourth-order valence-corrected chi connectivity index (χ4v) is 1.09. The first-order chi connectivity index (χ1) is 8.47. The molecule has 18 heavy (non-hydrogen) atoms. The van der Waals surface area contributed by atoms with Gasteiger partial charge in [0.1, 0.15) is 0 Å². The molecule has 112 valence electrons. The third-order valence-electron chi connectivity index (χ3n) is 1.34. The smallest absolute Gasteiger partial charge is 0.264 e. The summed E-state index contributed by atoms with van der Waals surface area (Å²) in [6, 6.07) is 0. The van der Waals surface area contributed by atoms with Gasteiger partial charge in [-0.1, -0.05) is 6.92 Å². The number of hydrogen-bond acceptors (Lipinski definition) is 7. The molecule has 0 amide bonds. The lowest BCUT2D eigenvalue weighted by Crippen LogP contribution is -2.09. The Bertz CT molecular complexity index is 237. The molecule has 0 rings (SSSR count). The minimum absolute atomic E-state index is 0.0278. The Hall–Kier alpha value is -0.250. The highest BCUT2D eigenvalue weighted by Gasteiger charge is 1.99. The van der Waals surface area contributed by atoms with Crippen LogP contribution in [-0.2, 0) is 23.8 Å². The van der Waals surface area contributed by atoms with Gasteiger partial charge in [-0.05, 0) is 6.42 Å². The van der Waals surface area contributed by atoms with Crippen LogP contribution in [0.5, 0.6) is 0 Å². The van der Waals surface area contributed by atoms with Crippen molar-refractivity contribution in [3.05, 3.63) is 0 Å². The molecule has 7 nitrogen and oxygen atoms in total. The molecular weight excluding hydrogens is 264 g/mol. The predicted molar refractivity (Wildman–Crippen MR) is 66.9 cm³/mol. The molecule has 0 saturated carbocycles. The molecule has 8 heteroatoms. The van der Waals surface area contributed by atoms with E-state index in [1.165, 1.54) is 0 Å². The quantitative estimate of drug-likeness (QED) is 0.408. The summed E-state index contributed by atoms with van der Waals surface area (Å²) in [5.74, 6) is 0. The zero-order valence-corrected chi connectivity index (χ0v) is 11.8. The molecule has 0 spiro atoms. The summed E-state index contributed by atoms with van der Waals surface area (Å²) in [6.45, 7) is 3.77. The molecular formula is C10H24O7S. The van der Waals surface area contributed by atoms with Gasteiger partial charge < -0.3 is 19.7 Å². The molecule has 0 aromatic rings. The summed E-state index contributed by atoms with van der Waals surface area (Å²) in [6.07, 6.45) is 1.95. The highest BCUT2D eigenvalue weighted by molar-refractivity contribution is 7.85. The largest absolute Gasteiger partial charge is 0.394 e. The van der Waals surface area contributed by atoms with E-state index in [0.717, 1.165) is 12.7 Å². The van der Waals surface area contributed by atoms with E-state index in [2.05, 4.69) is 8.92 Å². The monoisotopic (exact) mass is 288 g/mol. The van der Waals surface area contributed by atoms with Crippen LogP contribution in [0.3, 0.4) is 0 Å². The van der Waals surface area contributed by atoms with Crippen molar-refractivity contribution < 1.29 is 32.3 Å². The maximum absolute atomic E-state index is 10.4. The lowest BCUT2D eigenvalue weighted by atomic mass is 10.5. The molecule has 0 radical (unpaired) electrons. The van der Waals surface area contributed by atoms with E-state index in [1.54, 1.807) is 0 Å². The van der Waals surface area contributed by atoms with Crippen LogP contribution in [0.25, 0.3) is 0 Å². The Morgan fingerprint density at radius 3 is 1.78 bits per heavy atom. The lowest BCUT2D eigenvalue weighted by molar-refractivity contribution is 0.0650. The third-order valence-corrected chi connectivity index (χ3v) is 1.94. The topological polar surface area (TPSA) is 102 Å². The van der Waals surface area contributed by atoms with E-state index in [-0.39, 0.29) is 19.8 Å². The van der Waals surface area contributed by atoms with Gasteiger partial charge in [-0.25, -0.2) is 0 Å². The maximum atomic E-state index is 10.4. The SMILES string of the molecule is CCCOCCOS(C)(=O)=O.OCCOCCO. The molecule has 0 bridgehead atoms. The lowest BCUT2D eigenvalue weighted by Gasteiger charge is -2.01. The van der Waals surface area contributed by atoms with Crippen LogP contribution < -0.4 is 0 Å². The average molecular weight is 288 g/mol. The van der Waals surface area contributed by atoms with Gasteiger partial charge in [0.25, 0.3) is 10.1 Å². The number of hydrogen-bond donors (Lipinski definition) is 2. The van der Waals surface area contributed by atoms with Gasteiger partial charge in [0.05, 0.1) is 45.9 Å². The summed E-state index contributed by atoms with van der Waals surface area (Å²) >= 11 is 0. The number of aliphatic hydroxyl groups excluding tert-OH is 2. The number of ether oxygens (including phenoxy) is 2. The zero-order valence-electron chi connectivity index (χ0n) is 11.0. The Labute approximate surface area is 109 Å². The molecule has 0 aliphatic heterocycles. The summed E-state index contributed by atoms with van der Waals surface area (Å²) in [7, 11) is -3.29. The molecule has 0 unspecified atom stereocenters. The summed E-state index contributed by atoms with van der Waals surface area (Å²) in [4.78, 5) is 0. The summed E-state index contributed by atoms with van der Waals surface area (Å²) in [5, 5.41) is 16.2. The average Bonchev–Trinajstić information content (AvgIpc) is 2.29. The zero-order chi connectivity index (χ0) is 14.3. The predicted octanol–water partition coefficient (Wildman–Crippen LogP) is -0.623.